The van der Waals surface area contributed by atoms with Gasteiger partial charge in [0.2, 0.25) is 0 Å². The normalized spacial score (nSPS) is 14.6. The second kappa shape index (κ2) is 10.3. The van der Waals surface area contributed by atoms with E-state index < -0.39 is 0 Å². The molecule has 1 aromatic heterocycles. The quantitative estimate of drug-likeness (QED) is 0.197. The number of rotatable bonds is 7. The highest BCUT2D eigenvalue weighted by molar-refractivity contribution is 6.30. The summed E-state index contributed by atoms with van der Waals surface area (Å²) in [5, 5.41) is 21.6. The maximum absolute atomic E-state index is 13.3. The number of nitriles is 2. The molecule has 4 nitrogen and oxygen atoms in total. The molecule has 0 spiro atoms. The van der Waals surface area contributed by atoms with Crippen LogP contribution in [0.5, 0.6) is 0 Å². The molecule has 0 amide bonds. The van der Waals surface area contributed by atoms with Gasteiger partial charge < -0.3 is 4.57 Å². The van der Waals surface area contributed by atoms with Crippen molar-refractivity contribution >= 4 is 39.2 Å². The van der Waals surface area contributed by atoms with Gasteiger partial charge >= 0.3 is 0 Å². The van der Waals surface area contributed by atoms with Crippen LogP contribution < -0.4 is 0 Å². The number of para-hydroxylation sites is 1. The van der Waals surface area contributed by atoms with Gasteiger partial charge in [0.15, 0.2) is 5.78 Å². The Morgan fingerprint density at radius 3 is 2.35 bits per heavy atom. The molecule has 0 N–H and O–H groups in total. The van der Waals surface area contributed by atoms with Crippen LogP contribution >= 0.6 is 0 Å². The molecule has 0 saturated heterocycles. The van der Waals surface area contributed by atoms with Crippen LogP contribution in [0.3, 0.4) is 0 Å². The lowest BCUT2D eigenvalue weighted by Crippen LogP contribution is -2.10. The molecule has 1 aliphatic carbocycles. The van der Waals surface area contributed by atoms with Crippen molar-refractivity contribution < 1.29 is 4.79 Å². The van der Waals surface area contributed by atoms with Crippen molar-refractivity contribution in [3.63, 3.8) is 0 Å². The maximum Gasteiger partial charge on any atom is 0.194 e. The lowest BCUT2D eigenvalue weighted by Gasteiger charge is -2.17. The van der Waals surface area contributed by atoms with Crippen LogP contribution in [0.2, 0.25) is 0 Å². The Morgan fingerprint density at radius 2 is 1.62 bits per heavy atom. The summed E-state index contributed by atoms with van der Waals surface area (Å²) in [6.45, 7) is 5.50. The smallest absolute Gasteiger partial charge is 0.194 e. The minimum Gasteiger partial charge on any atom is -0.340 e. The van der Waals surface area contributed by atoms with Gasteiger partial charge in [-0.3, -0.25) is 4.79 Å². The summed E-state index contributed by atoms with van der Waals surface area (Å²) in [5.41, 5.74) is 5.23. The van der Waals surface area contributed by atoms with Gasteiger partial charge in [0.1, 0.15) is 17.7 Å². The minimum absolute atomic E-state index is 0.0417. The summed E-state index contributed by atoms with van der Waals surface area (Å²) in [4.78, 5) is 13.3. The van der Waals surface area contributed by atoms with Crippen molar-refractivity contribution in [3.05, 3.63) is 94.6 Å². The highest BCUT2D eigenvalue weighted by atomic mass is 16.1. The average Bonchev–Trinajstić information content (AvgIpc) is 3.39. The Morgan fingerprint density at radius 1 is 0.919 bits per heavy atom. The molecule has 182 valence electrons. The van der Waals surface area contributed by atoms with E-state index in [0.717, 1.165) is 23.9 Å². The van der Waals surface area contributed by atoms with E-state index in [4.69, 9.17) is 0 Å². The number of hydrogen-bond donors (Lipinski definition) is 0. The number of nitrogens with zero attached hydrogens (tertiary/aromatic N) is 3. The van der Waals surface area contributed by atoms with Crippen molar-refractivity contribution in [3.8, 4) is 12.1 Å². The number of allylic oxidation sites excluding steroid dienone is 3. The first-order valence-corrected chi connectivity index (χ1v) is 13.0. The van der Waals surface area contributed by atoms with E-state index in [1.807, 2.05) is 30.3 Å². The Kier molecular flexibility index (Phi) is 6.76. The SMILES string of the molecule is CCCCC(CC)Cn1c2ccccc2c2cc(/C=C3\C(=O)c4ccccc4C3=C(C#N)C#N)ccc21. The Balaban J connectivity index is 1.65. The average molecular weight is 484 g/mol. The van der Waals surface area contributed by atoms with E-state index >= 15 is 0 Å². The van der Waals surface area contributed by atoms with Crippen molar-refractivity contribution in [1.29, 1.82) is 10.5 Å². The molecular formula is C33H29N3O. The van der Waals surface area contributed by atoms with E-state index in [1.165, 1.54) is 35.7 Å². The summed E-state index contributed by atoms with van der Waals surface area (Å²) in [5.74, 6) is 0.469. The van der Waals surface area contributed by atoms with E-state index in [-0.39, 0.29) is 11.4 Å². The zero-order valence-electron chi connectivity index (χ0n) is 21.3. The van der Waals surface area contributed by atoms with E-state index in [1.54, 1.807) is 18.2 Å². The number of fused-ring (bicyclic) bond motifs is 4. The molecule has 1 unspecified atom stereocenters. The minimum atomic E-state index is -0.155. The maximum atomic E-state index is 13.3. The summed E-state index contributed by atoms with van der Waals surface area (Å²) >= 11 is 0. The Hall–Kier alpha value is -4.41. The van der Waals surface area contributed by atoms with E-state index in [9.17, 15) is 15.3 Å². The van der Waals surface area contributed by atoms with Crippen LogP contribution in [0.25, 0.3) is 33.5 Å². The molecule has 4 heteroatoms. The fourth-order valence-electron chi connectivity index (χ4n) is 5.55. The van der Waals surface area contributed by atoms with E-state index in [0.29, 0.717) is 28.2 Å². The van der Waals surface area contributed by atoms with Crippen molar-refractivity contribution in [2.75, 3.05) is 0 Å². The van der Waals surface area contributed by atoms with Gasteiger partial charge in [0.05, 0.1) is 0 Å². The second-order valence-electron chi connectivity index (χ2n) is 9.73. The Bertz CT molecular complexity index is 1650. The third-order valence-electron chi connectivity index (χ3n) is 7.52. The van der Waals surface area contributed by atoms with Crippen LogP contribution in [0.15, 0.2) is 77.9 Å². The van der Waals surface area contributed by atoms with E-state index in [2.05, 4.69) is 54.8 Å². The van der Waals surface area contributed by atoms with Crippen LogP contribution in [-0.4, -0.2) is 10.4 Å². The molecule has 1 heterocycles. The summed E-state index contributed by atoms with van der Waals surface area (Å²) in [7, 11) is 0. The number of unbranched alkanes of at least 4 members (excludes halogenated alkanes) is 1. The lowest BCUT2D eigenvalue weighted by molar-refractivity contribution is 0.104. The third kappa shape index (κ3) is 4.26. The summed E-state index contributed by atoms with van der Waals surface area (Å²) in [6, 6.07) is 26.0. The molecule has 5 rings (SSSR count). The first kappa shape index (κ1) is 24.3. The molecule has 4 aromatic rings. The van der Waals surface area contributed by atoms with Crippen molar-refractivity contribution in [1.82, 2.24) is 4.57 Å². The lowest BCUT2D eigenvalue weighted by atomic mass is 9.97. The van der Waals surface area contributed by atoms with Crippen LogP contribution in [0, 0.1) is 28.6 Å². The molecule has 0 saturated carbocycles. The zero-order valence-corrected chi connectivity index (χ0v) is 21.3. The molecule has 1 atom stereocenters. The van der Waals surface area contributed by atoms with Crippen molar-refractivity contribution in [2.24, 2.45) is 5.92 Å². The number of ketones is 1. The van der Waals surface area contributed by atoms with Gasteiger partial charge in [-0.1, -0.05) is 81.6 Å². The molecule has 0 aliphatic heterocycles. The predicted molar refractivity (Wildman–Crippen MR) is 150 cm³/mol. The number of Topliss-reactive ketones (excluding diaryl/α,β-unsaturated/α-hetero) is 1. The standard InChI is InChI=1S/C33H29N3O/c1-3-5-10-22(4-2)21-36-30-14-9-8-11-25(30)28-17-23(15-16-31(28)36)18-29-32(24(19-34)20-35)26-12-6-7-13-27(26)33(29)37/h6-9,11-18,22H,3-5,10,21H2,1-2H3/b29-18-. The summed E-state index contributed by atoms with van der Waals surface area (Å²) in [6.07, 6.45) is 6.65. The molecule has 0 bridgehead atoms. The fourth-order valence-corrected chi connectivity index (χ4v) is 5.55. The third-order valence-corrected chi connectivity index (χ3v) is 7.52. The monoisotopic (exact) mass is 483 g/mol. The summed E-state index contributed by atoms with van der Waals surface area (Å²) < 4.78 is 2.44. The van der Waals surface area contributed by atoms with Gasteiger partial charge in [-0.25, -0.2) is 0 Å². The van der Waals surface area contributed by atoms with Crippen molar-refractivity contribution in [2.45, 2.75) is 46.1 Å². The van der Waals surface area contributed by atoms with Gasteiger partial charge in [0.25, 0.3) is 0 Å². The molecule has 0 fully saturated rings. The van der Waals surface area contributed by atoms with Crippen LogP contribution in [-0.2, 0) is 6.54 Å². The molecule has 1 aliphatic rings. The topological polar surface area (TPSA) is 69.6 Å². The number of carbonyl (C=O) groups excluding carboxylic acids is 1. The largest absolute Gasteiger partial charge is 0.340 e. The molecule has 3 aromatic carbocycles. The van der Waals surface area contributed by atoms with Crippen LogP contribution in [0.1, 0.15) is 61.0 Å². The second-order valence-corrected chi connectivity index (χ2v) is 9.73. The number of aromatic nitrogens is 1. The highest BCUT2D eigenvalue weighted by Gasteiger charge is 2.32. The van der Waals surface area contributed by atoms with Gasteiger partial charge in [-0.05, 0) is 47.7 Å². The first-order valence-electron chi connectivity index (χ1n) is 13.0. The number of benzene rings is 3. The molecular weight excluding hydrogens is 454 g/mol. The predicted octanol–water partition coefficient (Wildman–Crippen LogP) is 8.09. The fraction of sp³-hybridized carbons (Fsp3) is 0.242. The van der Waals surface area contributed by atoms with Gasteiger partial charge in [0, 0.05) is 45.1 Å². The first-order chi connectivity index (χ1) is 18.1. The number of carbonyl (C=O) groups is 1. The van der Waals surface area contributed by atoms with Crippen LogP contribution in [0.4, 0.5) is 0 Å². The molecule has 37 heavy (non-hydrogen) atoms. The van der Waals surface area contributed by atoms with Gasteiger partial charge in [-0.15, -0.1) is 0 Å². The Labute approximate surface area is 217 Å². The number of hydrogen-bond acceptors (Lipinski definition) is 3. The molecule has 0 radical (unpaired) electrons. The van der Waals surface area contributed by atoms with Gasteiger partial charge in [-0.2, -0.15) is 10.5 Å². The highest BCUT2D eigenvalue weighted by Crippen LogP contribution is 2.40. The zero-order chi connectivity index (χ0) is 25.9.